The van der Waals surface area contributed by atoms with Crippen LogP contribution in [0.2, 0.25) is 0 Å². The molecule has 1 fully saturated rings. The Morgan fingerprint density at radius 3 is 2.89 bits per heavy atom. The first-order valence-electron chi connectivity index (χ1n) is 6.09. The highest BCUT2D eigenvalue weighted by molar-refractivity contribution is 5.84. The van der Waals surface area contributed by atoms with E-state index in [0.717, 1.165) is 12.0 Å². The normalized spacial score (nSPS) is 15.8. The van der Waals surface area contributed by atoms with E-state index >= 15 is 0 Å². The van der Waals surface area contributed by atoms with Gasteiger partial charge in [-0.15, -0.1) is 0 Å². The topological polar surface area (TPSA) is 61.4 Å². The van der Waals surface area contributed by atoms with Crippen LogP contribution >= 0.6 is 0 Å². The van der Waals surface area contributed by atoms with E-state index in [0.29, 0.717) is 19.6 Å². The predicted molar refractivity (Wildman–Crippen MR) is 67.9 cm³/mol. The molecular formula is C13H17N3O2. The molecule has 96 valence electrons. The molecule has 2 rings (SSSR count). The molecule has 1 saturated heterocycles. The highest BCUT2D eigenvalue weighted by atomic mass is 16.2. The summed E-state index contributed by atoms with van der Waals surface area (Å²) in [5, 5.41) is 5.57. The van der Waals surface area contributed by atoms with Crippen molar-refractivity contribution in [3.63, 3.8) is 0 Å². The van der Waals surface area contributed by atoms with E-state index < -0.39 is 0 Å². The molecule has 0 aromatic heterocycles. The Balaban J connectivity index is 1.85. The number of hydrogen-bond donors (Lipinski definition) is 2. The SMILES string of the molecule is O=C1CN(C(=O)NCc2ccccc2)CCCN1. The molecule has 0 bridgehead atoms. The summed E-state index contributed by atoms with van der Waals surface area (Å²) in [4.78, 5) is 24.8. The summed E-state index contributed by atoms with van der Waals surface area (Å²) >= 11 is 0. The average molecular weight is 247 g/mol. The first-order valence-corrected chi connectivity index (χ1v) is 6.09. The monoisotopic (exact) mass is 247 g/mol. The lowest BCUT2D eigenvalue weighted by Gasteiger charge is -2.19. The number of hydrogen-bond acceptors (Lipinski definition) is 2. The van der Waals surface area contributed by atoms with Crippen molar-refractivity contribution in [2.75, 3.05) is 19.6 Å². The van der Waals surface area contributed by atoms with Gasteiger partial charge in [0.2, 0.25) is 5.91 Å². The maximum Gasteiger partial charge on any atom is 0.318 e. The summed E-state index contributed by atoms with van der Waals surface area (Å²) in [5.41, 5.74) is 1.05. The first kappa shape index (κ1) is 12.4. The van der Waals surface area contributed by atoms with Gasteiger partial charge in [-0.2, -0.15) is 0 Å². The molecule has 1 aromatic carbocycles. The Labute approximate surface area is 106 Å². The van der Waals surface area contributed by atoms with Gasteiger partial charge in [0, 0.05) is 19.6 Å². The molecule has 1 aliphatic heterocycles. The van der Waals surface area contributed by atoms with Gasteiger partial charge in [0.25, 0.3) is 0 Å². The van der Waals surface area contributed by atoms with Crippen molar-refractivity contribution < 1.29 is 9.59 Å². The van der Waals surface area contributed by atoms with Gasteiger partial charge in [-0.25, -0.2) is 4.79 Å². The van der Waals surface area contributed by atoms with E-state index in [4.69, 9.17) is 0 Å². The van der Waals surface area contributed by atoms with Gasteiger partial charge in [0.15, 0.2) is 0 Å². The maximum atomic E-state index is 11.9. The largest absolute Gasteiger partial charge is 0.354 e. The number of nitrogens with zero attached hydrogens (tertiary/aromatic N) is 1. The van der Waals surface area contributed by atoms with E-state index in [-0.39, 0.29) is 18.5 Å². The summed E-state index contributed by atoms with van der Waals surface area (Å²) < 4.78 is 0. The number of urea groups is 1. The minimum atomic E-state index is -0.184. The van der Waals surface area contributed by atoms with Crippen molar-refractivity contribution in [2.24, 2.45) is 0 Å². The summed E-state index contributed by atoms with van der Waals surface area (Å²) in [5.74, 6) is -0.0950. The van der Waals surface area contributed by atoms with E-state index in [1.807, 2.05) is 30.3 Å². The molecule has 2 N–H and O–H groups in total. The lowest BCUT2D eigenvalue weighted by atomic mass is 10.2. The second-order valence-corrected chi connectivity index (χ2v) is 4.27. The van der Waals surface area contributed by atoms with Gasteiger partial charge in [-0.3, -0.25) is 4.79 Å². The first-order chi connectivity index (χ1) is 8.75. The summed E-state index contributed by atoms with van der Waals surface area (Å²) in [6, 6.07) is 9.52. The molecule has 0 radical (unpaired) electrons. The van der Waals surface area contributed by atoms with Crippen LogP contribution in [0.3, 0.4) is 0 Å². The van der Waals surface area contributed by atoms with E-state index in [2.05, 4.69) is 10.6 Å². The minimum Gasteiger partial charge on any atom is -0.354 e. The van der Waals surface area contributed by atoms with Gasteiger partial charge in [0.1, 0.15) is 6.54 Å². The van der Waals surface area contributed by atoms with Crippen LogP contribution in [0.15, 0.2) is 30.3 Å². The minimum absolute atomic E-state index is 0.0950. The van der Waals surface area contributed by atoms with Gasteiger partial charge in [-0.1, -0.05) is 30.3 Å². The van der Waals surface area contributed by atoms with Gasteiger partial charge in [0.05, 0.1) is 0 Å². The number of amides is 3. The van der Waals surface area contributed by atoms with Crippen molar-refractivity contribution in [3.8, 4) is 0 Å². The fourth-order valence-corrected chi connectivity index (χ4v) is 1.86. The third-order valence-corrected chi connectivity index (χ3v) is 2.84. The number of carbonyl (C=O) groups is 2. The fourth-order valence-electron chi connectivity index (χ4n) is 1.86. The number of rotatable bonds is 2. The van der Waals surface area contributed by atoms with Crippen molar-refractivity contribution in [1.29, 1.82) is 0 Å². The lowest BCUT2D eigenvalue weighted by Crippen LogP contribution is -2.43. The molecule has 0 atom stereocenters. The quantitative estimate of drug-likeness (QED) is 0.809. The Hall–Kier alpha value is -2.04. The Bertz CT molecular complexity index is 420. The highest BCUT2D eigenvalue weighted by Gasteiger charge is 2.18. The van der Waals surface area contributed by atoms with Gasteiger partial charge < -0.3 is 15.5 Å². The smallest absolute Gasteiger partial charge is 0.318 e. The molecule has 18 heavy (non-hydrogen) atoms. The van der Waals surface area contributed by atoms with Crippen LogP contribution in [-0.4, -0.2) is 36.5 Å². The zero-order valence-corrected chi connectivity index (χ0v) is 10.2. The summed E-state index contributed by atoms with van der Waals surface area (Å²) in [6.45, 7) is 1.87. The molecule has 1 aliphatic rings. The summed E-state index contributed by atoms with van der Waals surface area (Å²) in [7, 11) is 0. The third-order valence-electron chi connectivity index (χ3n) is 2.84. The van der Waals surface area contributed by atoms with Crippen molar-refractivity contribution >= 4 is 11.9 Å². The Morgan fingerprint density at radius 2 is 2.11 bits per heavy atom. The lowest BCUT2D eigenvalue weighted by molar-refractivity contribution is -0.121. The van der Waals surface area contributed by atoms with Gasteiger partial charge in [-0.05, 0) is 12.0 Å². The molecule has 0 aliphatic carbocycles. The molecule has 0 spiro atoms. The molecular weight excluding hydrogens is 230 g/mol. The Morgan fingerprint density at radius 1 is 1.33 bits per heavy atom. The van der Waals surface area contributed by atoms with Gasteiger partial charge >= 0.3 is 6.03 Å². The second kappa shape index (κ2) is 6.05. The van der Waals surface area contributed by atoms with Crippen LogP contribution in [0.4, 0.5) is 4.79 Å². The Kier molecular flexibility index (Phi) is 4.17. The third kappa shape index (κ3) is 3.48. The van der Waals surface area contributed by atoms with Crippen LogP contribution in [0.25, 0.3) is 0 Å². The zero-order valence-electron chi connectivity index (χ0n) is 10.2. The number of nitrogens with one attached hydrogen (secondary N) is 2. The molecule has 3 amide bonds. The maximum absolute atomic E-state index is 11.9. The van der Waals surface area contributed by atoms with Crippen LogP contribution in [0, 0.1) is 0 Å². The van der Waals surface area contributed by atoms with Crippen LogP contribution in [-0.2, 0) is 11.3 Å². The van der Waals surface area contributed by atoms with Crippen LogP contribution < -0.4 is 10.6 Å². The van der Waals surface area contributed by atoms with Crippen LogP contribution in [0.5, 0.6) is 0 Å². The number of carbonyl (C=O) groups excluding carboxylic acids is 2. The number of benzene rings is 1. The van der Waals surface area contributed by atoms with E-state index in [9.17, 15) is 9.59 Å². The van der Waals surface area contributed by atoms with Crippen molar-refractivity contribution in [3.05, 3.63) is 35.9 Å². The zero-order chi connectivity index (χ0) is 12.8. The molecule has 5 nitrogen and oxygen atoms in total. The predicted octanol–water partition coefficient (Wildman–Crippen LogP) is 0.718. The molecule has 1 aromatic rings. The van der Waals surface area contributed by atoms with E-state index in [1.165, 1.54) is 0 Å². The van der Waals surface area contributed by atoms with Crippen molar-refractivity contribution in [2.45, 2.75) is 13.0 Å². The summed E-state index contributed by atoms with van der Waals surface area (Å²) in [6.07, 6.45) is 0.796. The standard InChI is InChI=1S/C13H17N3O2/c17-12-10-16(8-4-7-14-12)13(18)15-9-11-5-2-1-3-6-11/h1-3,5-6H,4,7-10H2,(H,14,17)(H,15,18). The van der Waals surface area contributed by atoms with E-state index in [1.54, 1.807) is 4.90 Å². The molecule has 0 saturated carbocycles. The average Bonchev–Trinajstić information content (AvgIpc) is 2.62. The van der Waals surface area contributed by atoms with Crippen LogP contribution in [0.1, 0.15) is 12.0 Å². The molecule has 0 unspecified atom stereocenters. The second-order valence-electron chi connectivity index (χ2n) is 4.27. The van der Waals surface area contributed by atoms with Crippen molar-refractivity contribution in [1.82, 2.24) is 15.5 Å². The molecule has 5 heteroatoms. The highest BCUT2D eigenvalue weighted by Crippen LogP contribution is 2.00. The molecule has 1 heterocycles. The fraction of sp³-hybridized carbons (Fsp3) is 0.385.